The molecule has 1 unspecified atom stereocenters. The summed E-state index contributed by atoms with van der Waals surface area (Å²) in [6.45, 7) is 7.63. The Morgan fingerprint density at radius 2 is 2.00 bits per heavy atom. The summed E-state index contributed by atoms with van der Waals surface area (Å²) < 4.78 is 45.4. The topological polar surface area (TPSA) is 45.1 Å². The highest BCUT2D eigenvalue weighted by molar-refractivity contribution is 5.65. The van der Waals surface area contributed by atoms with Crippen LogP contribution in [0.4, 0.5) is 18.9 Å². The third-order valence-corrected chi connectivity index (χ3v) is 3.77. The molecule has 0 radical (unpaired) electrons. The number of halogens is 3. The molecule has 0 aliphatic carbocycles. The molecular formula is C17H23F3N2O2. The van der Waals surface area contributed by atoms with E-state index < -0.39 is 18.2 Å². The number of alkyl halides is 3. The minimum Gasteiger partial charge on any atom is -0.496 e. The molecular weight excluding hydrogens is 321 g/mol. The van der Waals surface area contributed by atoms with Gasteiger partial charge in [0.05, 0.1) is 19.1 Å². The van der Waals surface area contributed by atoms with Crippen LogP contribution in [-0.2, 0) is 5.60 Å². The van der Waals surface area contributed by atoms with Gasteiger partial charge in [0.2, 0.25) is 0 Å². The molecule has 1 rings (SSSR count). The van der Waals surface area contributed by atoms with Crippen LogP contribution in [-0.4, -0.2) is 43.2 Å². The Hall–Kier alpha value is -2.02. The van der Waals surface area contributed by atoms with Crippen LogP contribution < -0.4 is 4.74 Å². The van der Waals surface area contributed by atoms with E-state index in [0.29, 0.717) is 11.3 Å². The number of aryl methyl sites for hydroxylation is 1. The Morgan fingerprint density at radius 3 is 2.46 bits per heavy atom. The van der Waals surface area contributed by atoms with Crippen LogP contribution in [0, 0.1) is 6.92 Å². The van der Waals surface area contributed by atoms with Crippen LogP contribution in [0.25, 0.3) is 0 Å². The zero-order valence-corrected chi connectivity index (χ0v) is 14.3. The van der Waals surface area contributed by atoms with E-state index in [0.717, 1.165) is 12.6 Å². The molecule has 0 amide bonds. The van der Waals surface area contributed by atoms with Crippen LogP contribution >= 0.6 is 0 Å². The Kier molecular flexibility index (Phi) is 6.42. The van der Waals surface area contributed by atoms with Gasteiger partial charge in [0, 0.05) is 31.6 Å². The van der Waals surface area contributed by atoms with Crippen molar-refractivity contribution in [1.29, 1.82) is 0 Å². The second-order valence-corrected chi connectivity index (χ2v) is 5.51. The van der Waals surface area contributed by atoms with Crippen molar-refractivity contribution in [1.82, 2.24) is 4.90 Å². The highest BCUT2D eigenvalue weighted by Gasteiger charge is 2.55. The first-order valence-electron chi connectivity index (χ1n) is 7.44. The molecule has 0 aromatic heterocycles. The minimum atomic E-state index is -4.87. The fourth-order valence-corrected chi connectivity index (χ4v) is 2.14. The summed E-state index contributed by atoms with van der Waals surface area (Å²) in [4.78, 5) is 6.08. The number of aliphatic hydroxyl groups is 1. The van der Waals surface area contributed by atoms with Gasteiger partial charge >= 0.3 is 6.18 Å². The molecule has 0 saturated heterocycles. The van der Waals surface area contributed by atoms with Crippen LogP contribution in [0.2, 0.25) is 0 Å². The van der Waals surface area contributed by atoms with Crippen LogP contribution in [0.5, 0.6) is 5.75 Å². The molecule has 0 aliphatic rings. The molecule has 0 bridgehead atoms. The largest absolute Gasteiger partial charge is 0.496 e. The summed E-state index contributed by atoms with van der Waals surface area (Å²) in [6.07, 6.45) is -2.92. The van der Waals surface area contributed by atoms with Gasteiger partial charge in [-0.3, -0.25) is 0 Å². The molecule has 24 heavy (non-hydrogen) atoms. The maximum Gasteiger partial charge on any atom is 0.421 e. The van der Waals surface area contributed by atoms with Crippen molar-refractivity contribution in [3.8, 4) is 5.75 Å². The average molecular weight is 344 g/mol. The molecule has 4 nitrogen and oxygen atoms in total. The summed E-state index contributed by atoms with van der Waals surface area (Å²) in [5.41, 5.74) is -2.44. The van der Waals surface area contributed by atoms with Gasteiger partial charge in [-0.15, -0.1) is 6.58 Å². The molecule has 134 valence electrons. The average Bonchev–Trinajstić information content (AvgIpc) is 2.52. The van der Waals surface area contributed by atoms with Gasteiger partial charge in [-0.05, 0) is 25.5 Å². The smallest absolute Gasteiger partial charge is 0.421 e. The van der Waals surface area contributed by atoms with Crippen LogP contribution in [0.1, 0.15) is 24.5 Å². The number of nitrogens with zero attached hydrogens (tertiary/aromatic N) is 2. The molecule has 0 heterocycles. The van der Waals surface area contributed by atoms with Gasteiger partial charge in [0.1, 0.15) is 5.75 Å². The van der Waals surface area contributed by atoms with Crippen molar-refractivity contribution in [2.24, 2.45) is 4.99 Å². The lowest BCUT2D eigenvalue weighted by Gasteiger charge is -2.31. The monoisotopic (exact) mass is 344 g/mol. The number of ether oxygens (including phenoxy) is 1. The number of hydrogen-bond acceptors (Lipinski definition) is 3. The molecule has 1 aromatic carbocycles. The maximum atomic E-state index is 13.4. The first-order valence-corrected chi connectivity index (χ1v) is 7.44. The Morgan fingerprint density at radius 1 is 1.38 bits per heavy atom. The minimum absolute atomic E-state index is 0.0754. The Bertz CT molecular complexity index is 615. The van der Waals surface area contributed by atoms with E-state index in [-0.39, 0.29) is 11.3 Å². The zero-order valence-electron chi connectivity index (χ0n) is 14.3. The molecule has 1 N–H and O–H groups in total. The van der Waals surface area contributed by atoms with Crippen molar-refractivity contribution in [3.05, 3.63) is 35.9 Å². The van der Waals surface area contributed by atoms with E-state index in [1.807, 2.05) is 18.9 Å². The second kappa shape index (κ2) is 7.70. The SMILES string of the molecule is C=CCC(O)(c1cc(C)c(N=CN(C)CC)cc1OC)C(F)(F)F. The van der Waals surface area contributed by atoms with Gasteiger partial charge in [0.25, 0.3) is 0 Å². The number of methoxy groups -OCH3 is 1. The number of aliphatic imine (C=N–C) groups is 1. The molecule has 1 aromatic rings. The number of benzene rings is 1. The van der Waals surface area contributed by atoms with Crippen molar-refractivity contribution in [3.63, 3.8) is 0 Å². The quantitative estimate of drug-likeness (QED) is 0.463. The van der Waals surface area contributed by atoms with E-state index >= 15 is 0 Å². The molecule has 7 heteroatoms. The molecule has 1 atom stereocenters. The molecule has 0 saturated carbocycles. The Labute approximate surface area is 140 Å². The first-order chi connectivity index (χ1) is 11.1. The zero-order chi connectivity index (χ0) is 18.5. The van der Waals surface area contributed by atoms with E-state index in [4.69, 9.17) is 4.74 Å². The van der Waals surface area contributed by atoms with Crippen LogP contribution in [0.15, 0.2) is 29.8 Å². The summed E-state index contributed by atoms with van der Waals surface area (Å²) in [5.74, 6) is -0.0754. The van der Waals surface area contributed by atoms with Crippen molar-refractivity contribution in [2.75, 3.05) is 20.7 Å². The summed E-state index contributed by atoms with van der Waals surface area (Å²) in [7, 11) is 3.08. The van der Waals surface area contributed by atoms with Gasteiger partial charge in [-0.2, -0.15) is 13.2 Å². The van der Waals surface area contributed by atoms with E-state index in [9.17, 15) is 18.3 Å². The molecule has 0 spiro atoms. The van der Waals surface area contributed by atoms with Crippen molar-refractivity contribution < 1.29 is 23.0 Å². The van der Waals surface area contributed by atoms with Crippen molar-refractivity contribution >= 4 is 12.0 Å². The maximum absolute atomic E-state index is 13.4. The first kappa shape index (κ1) is 20.0. The Balaban J connectivity index is 3.48. The third kappa shape index (κ3) is 4.08. The van der Waals surface area contributed by atoms with Gasteiger partial charge in [-0.25, -0.2) is 4.99 Å². The van der Waals surface area contributed by atoms with Gasteiger partial charge < -0.3 is 14.7 Å². The summed E-state index contributed by atoms with van der Waals surface area (Å²) in [6, 6.07) is 2.65. The van der Waals surface area contributed by atoms with E-state index in [2.05, 4.69) is 11.6 Å². The number of rotatable bonds is 7. The standard InChI is InChI=1S/C17H23F3N2O2/c1-6-8-16(23,17(18,19)20)13-9-12(3)14(10-15(13)24-5)21-11-22(4)7-2/h6,9-11,23H,1,7-8H2,2-5H3. The van der Waals surface area contributed by atoms with Gasteiger partial charge in [-0.1, -0.05) is 6.08 Å². The lowest BCUT2D eigenvalue weighted by Crippen LogP contribution is -2.42. The predicted octanol–water partition coefficient (Wildman–Crippen LogP) is 3.94. The third-order valence-electron chi connectivity index (χ3n) is 3.77. The molecule has 0 aliphatic heterocycles. The second-order valence-electron chi connectivity index (χ2n) is 5.51. The van der Waals surface area contributed by atoms with Crippen LogP contribution in [0.3, 0.4) is 0 Å². The predicted molar refractivity (Wildman–Crippen MR) is 89.0 cm³/mol. The lowest BCUT2D eigenvalue weighted by molar-refractivity contribution is -0.265. The molecule has 0 fully saturated rings. The highest BCUT2D eigenvalue weighted by Crippen LogP contribution is 2.46. The lowest BCUT2D eigenvalue weighted by atomic mass is 9.87. The normalized spacial score (nSPS) is 14.5. The van der Waals surface area contributed by atoms with E-state index in [1.165, 1.54) is 19.2 Å². The van der Waals surface area contributed by atoms with Crippen molar-refractivity contribution in [2.45, 2.75) is 32.0 Å². The highest BCUT2D eigenvalue weighted by atomic mass is 19.4. The van der Waals surface area contributed by atoms with Gasteiger partial charge in [0.15, 0.2) is 5.60 Å². The summed E-state index contributed by atoms with van der Waals surface area (Å²) in [5, 5.41) is 10.3. The van der Waals surface area contributed by atoms with E-state index in [1.54, 1.807) is 13.3 Å². The fourth-order valence-electron chi connectivity index (χ4n) is 2.14. The summed E-state index contributed by atoms with van der Waals surface area (Å²) >= 11 is 0. The number of hydrogen-bond donors (Lipinski definition) is 1. The fraction of sp³-hybridized carbons (Fsp3) is 0.471.